The second-order valence-corrected chi connectivity index (χ2v) is 5.88. The summed E-state index contributed by atoms with van der Waals surface area (Å²) in [5, 5.41) is 12.4. The molecule has 0 aromatic heterocycles. The highest BCUT2D eigenvalue weighted by atomic mass is 16.4. The van der Waals surface area contributed by atoms with E-state index in [2.05, 4.69) is 10.2 Å². The summed E-state index contributed by atoms with van der Waals surface area (Å²) < 4.78 is 0. The van der Waals surface area contributed by atoms with Gasteiger partial charge >= 0.3 is 5.97 Å². The molecule has 1 heterocycles. The zero-order valence-corrected chi connectivity index (χ0v) is 12.8. The first-order valence-electron chi connectivity index (χ1n) is 7.91. The lowest BCUT2D eigenvalue weighted by molar-refractivity contribution is -0.138. The van der Waals surface area contributed by atoms with Gasteiger partial charge in [-0.3, -0.25) is 4.79 Å². The number of hydrogen-bond donors (Lipinski definition) is 2. The lowest BCUT2D eigenvalue weighted by Crippen LogP contribution is -2.35. The summed E-state index contributed by atoms with van der Waals surface area (Å²) >= 11 is 0. The van der Waals surface area contributed by atoms with Crippen LogP contribution in [0.2, 0.25) is 0 Å². The topological polar surface area (TPSA) is 52.6 Å². The van der Waals surface area contributed by atoms with Crippen molar-refractivity contribution in [1.82, 2.24) is 10.2 Å². The summed E-state index contributed by atoms with van der Waals surface area (Å²) in [4.78, 5) is 13.5. The summed E-state index contributed by atoms with van der Waals surface area (Å²) in [7, 11) is 0. The molecule has 1 aliphatic heterocycles. The van der Waals surface area contributed by atoms with E-state index in [4.69, 9.17) is 5.11 Å². The Morgan fingerprint density at radius 3 is 2.52 bits per heavy atom. The Bertz CT molecular complexity index is 439. The van der Waals surface area contributed by atoms with Gasteiger partial charge in [-0.1, -0.05) is 30.7 Å². The number of piperidine rings is 1. The van der Waals surface area contributed by atoms with E-state index in [1.807, 2.05) is 24.3 Å². The molecule has 1 aliphatic rings. The standard InChI is InChI=1S/C17H26N2O2/c1-14(17(20)21)16-7-5-15(6-8-16)13-18-9-12-19-10-3-2-4-11-19/h5-8,14,18H,2-4,9-13H2,1H3,(H,20,21). The van der Waals surface area contributed by atoms with Gasteiger partial charge in [-0.25, -0.2) is 0 Å². The highest BCUT2D eigenvalue weighted by Gasteiger charge is 2.13. The molecule has 21 heavy (non-hydrogen) atoms. The van der Waals surface area contributed by atoms with E-state index >= 15 is 0 Å². The van der Waals surface area contributed by atoms with Gasteiger partial charge in [-0.2, -0.15) is 0 Å². The van der Waals surface area contributed by atoms with E-state index in [1.54, 1.807) is 6.92 Å². The molecule has 0 radical (unpaired) electrons. The zero-order valence-electron chi connectivity index (χ0n) is 12.8. The van der Waals surface area contributed by atoms with Crippen molar-refractivity contribution in [2.45, 2.75) is 38.6 Å². The Labute approximate surface area is 127 Å². The van der Waals surface area contributed by atoms with Crippen molar-refractivity contribution >= 4 is 5.97 Å². The van der Waals surface area contributed by atoms with E-state index < -0.39 is 11.9 Å². The number of hydrogen-bond acceptors (Lipinski definition) is 3. The molecule has 2 N–H and O–H groups in total. The predicted molar refractivity (Wildman–Crippen MR) is 84.5 cm³/mol. The Morgan fingerprint density at radius 1 is 1.24 bits per heavy atom. The maximum atomic E-state index is 10.9. The largest absolute Gasteiger partial charge is 0.481 e. The zero-order chi connectivity index (χ0) is 15.1. The van der Waals surface area contributed by atoms with E-state index in [0.29, 0.717) is 0 Å². The average Bonchev–Trinajstić information content (AvgIpc) is 2.52. The molecule has 1 atom stereocenters. The molecule has 0 saturated carbocycles. The number of likely N-dealkylation sites (tertiary alicyclic amines) is 1. The van der Waals surface area contributed by atoms with Crippen LogP contribution >= 0.6 is 0 Å². The third kappa shape index (κ3) is 5.14. The minimum atomic E-state index is -0.776. The quantitative estimate of drug-likeness (QED) is 0.757. The van der Waals surface area contributed by atoms with Crippen LogP contribution in [-0.2, 0) is 11.3 Å². The first-order chi connectivity index (χ1) is 10.2. The van der Waals surface area contributed by atoms with E-state index in [9.17, 15) is 4.79 Å². The van der Waals surface area contributed by atoms with Gasteiger partial charge < -0.3 is 15.3 Å². The van der Waals surface area contributed by atoms with Crippen LogP contribution in [0.3, 0.4) is 0 Å². The van der Waals surface area contributed by atoms with Crippen LogP contribution < -0.4 is 5.32 Å². The van der Waals surface area contributed by atoms with E-state index in [0.717, 1.165) is 25.2 Å². The van der Waals surface area contributed by atoms with Crippen molar-refractivity contribution in [2.24, 2.45) is 0 Å². The van der Waals surface area contributed by atoms with Crippen LogP contribution in [0.15, 0.2) is 24.3 Å². The maximum Gasteiger partial charge on any atom is 0.310 e. The lowest BCUT2D eigenvalue weighted by atomic mass is 10.0. The number of nitrogens with zero attached hydrogens (tertiary/aromatic N) is 1. The molecule has 0 amide bonds. The fourth-order valence-corrected chi connectivity index (χ4v) is 2.72. The van der Waals surface area contributed by atoms with Crippen molar-refractivity contribution in [3.05, 3.63) is 35.4 Å². The molecule has 1 fully saturated rings. The molecule has 0 aliphatic carbocycles. The third-order valence-electron chi connectivity index (χ3n) is 4.23. The maximum absolute atomic E-state index is 10.9. The van der Waals surface area contributed by atoms with Crippen LogP contribution in [0, 0.1) is 0 Å². The minimum Gasteiger partial charge on any atom is -0.481 e. The second kappa shape index (κ2) is 8.15. The summed E-state index contributed by atoms with van der Waals surface area (Å²) in [6, 6.07) is 7.87. The van der Waals surface area contributed by atoms with Crippen LogP contribution in [0.4, 0.5) is 0 Å². The fraction of sp³-hybridized carbons (Fsp3) is 0.588. The Hall–Kier alpha value is -1.39. The van der Waals surface area contributed by atoms with Gasteiger partial charge in [0.05, 0.1) is 5.92 Å². The number of benzene rings is 1. The molecule has 1 aromatic carbocycles. The van der Waals surface area contributed by atoms with Crippen molar-refractivity contribution in [3.8, 4) is 0 Å². The molecule has 2 rings (SSSR count). The molecule has 0 spiro atoms. The van der Waals surface area contributed by atoms with Gasteiger partial charge in [0.2, 0.25) is 0 Å². The normalized spacial score (nSPS) is 17.6. The van der Waals surface area contributed by atoms with Crippen LogP contribution in [0.5, 0.6) is 0 Å². The molecule has 0 bridgehead atoms. The number of carboxylic acid groups (broad SMARTS) is 1. The predicted octanol–water partition coefficient (Wildman–Crippen LogP) is 2.45. The average molecular weight is 290 g/mol. The van der Waals surface area contributed by atoms with Crippen molar-refractivity contribution in [2.75, 3.05) is 26.2 Å². The smallest absolute Gasteiger partial charge is 0.310 e. The molecule has 1 aromatic rings. The Balaban J connectivity index is 1.69. The summed E-state index contributed by atoms with van der Waals surface area (Å²) in [6.45, 7) is 7.16. The van der Waals surface area contributed by atoms with Gasteiger partial charge in [0, 0.05) is 19.6 Å². The Kier molecular flexibility index (Phi) is 6.21. The number of nitrogens with one attached hydrogen (secondary N) is 1. The van der Waals surface area contributed by atoms with Crippen LogP contribution in [0.25, 0.3) is 0 Å². The minimum absolute atomic E-state index is 0.439. The van der Waals surface area contributed by atoms with Gasteiger partial charge in [-0.15, -0.1) is 0 Å². The fourth-order valence-electron chi connectivity index (χ4n) is 2.72. The van der Waals surface area contributed by atoms with Gasteiger partial charge in [0.25, 0.3) is 0 Å². The number of aliphatic carboxylic acids is 1. The van der Waals surface area contributed by atoms with Crippen molar-refractivity contribution in [3.63, 3.8) is 0 Å². The van der Waals surface area contributed by atoms with Crippen LogP contribution in [0.1, 0.15) is 43.2 Å². The summed E-state index contributed by atoms with van der Waals surface area (Å²) in [5.41, 5.74) is 2.06. The number of carbonyl (C=O) groups is 1. The lowest BCUT2D eigenvalue weighted by Gasteiger charge is -2.26. The van der Waals surface area contributed by atoms with Gasteiger partial charge in [-0.05, 0) is 44.0 Å². The van der Waals surface area contributed by atoms with Crippen LogP contribution in [-0.4, -0.2) is 42.2 Å². The molecular weight excluding hydrogens is 264 g/mol. The molecule has 116 valence electrons. The van der Waals surface area contributed by atoms with Crippen molar-refractivity contribution < 1.29 is 9.90 Å². The highest BCUT2D eigenvalue weighted by molar-refractivity contribution is 5.75. The first-order valence-corrected chi connectivity index (χ1v) is 7.91. The van der Waals surface area contributed by atoms with Gasteiger partial charge in [0.15, 0.2) is 0 Å². The molecule has 4 heteroatoms. The molecule has 4 nitrogen and oxygen atoms in total. The SMILES string of the molecule is CC(C(=O)O)c1ccc(CNCCN2CCCCC2)cc1. The molecule has 1 unspecified atom stereocenters. The van der Waals surface area contributed by atoms with E-state index in [-0.39, 0.29) is 0 Å². The molecular formula is C17H26N2O2. The third-order valence-corrected chi connectivity index (χ3v) is 4.23. The molecule has 1 saturated heterocycles. The summed E-state index contributed by atoms with van der Waals surface area (Å²) in [6.07, 6.45) is 4.05. The van der Waals surface area contributed by atoms with Crippen molar-refractivity contribution in [1.29, 1.82) is 0 Å². The number of carboxylic acids is 1. The monoisotopic (exact) mass is 290 g/mol. The van der Waals surface area contributed by atoms with E-state index in [1.165, 1.54) is 37.9 Å². The number of rotatable bonds is 7. The van der Waals surface area contributed by atoms with Gasteiger partial charge in [0.1, 0.15) is 0 Å². The summed E-state index contributed by atoms with van der Waals surface area (Å²) in [5.74, 6) is -1.21. The Morgan fingerprint density at radius 2 is 1.90 bits per heavy atom. The first kappa shape index (κ1) is 16.0. The highest BCUT2D eigenvalue weighted by Crippen LogP contribution is 2.16. The second-order valence-electron chi connectivity index (χ2n) is 5.88.